The van der Waals surface area contributed by atoms with Crippen LogP contribution in [0.15, 0.2) is 36.4 Å². The maximum Gasteiger partial charge on any atom is 0.338 e. The fourth-order valence-corrected chi connectivity index (χ4v) is 2.18. The number of amides is 1. The number of ether oxygens (including phenoxy) is 1. The first-order valence-electron chi connectivity index (χ1n) is 7.62. The molecule has 1 aromatic heterocycles. The summed E-state index contributed by atoms with van der Waals surface area (Å²) >= 11 is 0. The summed E-state index contributed by atoms with van der Waals surface area (Å²) < 4.78 is 18.7. The normalized spacial score (nSPS) is 10.3. The third-order valence-electron chi connectivity index (χ3n) is 3.27. The number of benzene rings is 1. The van der Waals surface area contributed by atoms with Gasteiger partial charge in [0.2, 0.25) is 5.91 Å². The molecule has 1 N–H and O–H groups in total. The number of carbonyl (C=O) groups is 2. The molecule has 0 bridgehead atoms. The third kappa shape index (κ3) is 5.15. The van der Waals surface area contributed by atoms with Gasteiger partial charge in [0.25, 0.3) is 0 Å². The molecule has 1 aromatic carbocycles. The first-order chi connectivity index (χ1) is 11.5. The van der Waals surface area contributed by atoms with Gasteiger partial charge in [-0.05, 0) is 50.1 Å². The number of pyridine rings is 1. The number of aromatic nitrogens is 1. The van der Waals surface area contributed by atoms with Gasteiger partial charge in [0, 0.05) is 18.3 Å². The van der Waals surface area contributed by atoms with E-state index in [0.29, 0.717) is 12.8 Å². The molecule has 0 aliphatic heterocycles. The second kappa shape index (κ2) is 8.19. The molecule has 2 rings (SSSR count). The van der Waals surface area contributed by atoms with Gasteiger partial charge in [-0.1, -0.05) is 6.07 Å². The molecule has 6 heteroatoms. The van der Waals surface area contributed by atoms with Crippen LogP contribution in [0, 0.1) is 12.7 Å². The minimum Gasteiger partial charge on any atom is -0.462 e. The van der Waals surface area contributed by atoms with Crippen molar-refractivity contribution in [1.82, 2.24) is 4.98 Å². The van der Waals surface area contributed by atoms with Crippen molar-refractivity contribution in [2.24, 2.45) is 0 Å². The van der Waals surface area contributed by atoms with Gasteiger partial charge in [-0.2, -0.15) is 0 Å². The highest BCUT2D eigenvalue weighted by molar-refractivity contribution is 5.93. The van der Waals surface area contributed by atoms with E-state index in [1.807, 2.05) is 25.1 Å². The first-order valence-corrected chi connectivity index (χ1v) is 7.62. The second-order valence-electron chi connectivity index (χ2n) is 5.39. The lowest BCUT2D eigenvalue weighted by atomic mass is 10.2. The van der Waals surface area contributed by atoms with Crippen LogP contribution >= 0.6 is 0 Å². The van der Waals surface area contributed by atoms with Crippen LogP contribution in [-0.4, -0.2) is 23.5 Å². The molecule has 5 nitrogen and oxygen atoms in total. The smallest absolute Gasteiger partial charge is 0.338 e. The van der Waals surface area contributed by atoms with E-state index in [0.717, 1.165) is 17.5 Å². The summed E-state index contributed by atoms with van der Waals surface area (Å²) in [5, 5.41) is 2.33. The van der Waals surface area contributed by atoms with Crippen molar-refractivity contribution < 1.29 is 18.7 Å². The molecule has 24 heavy (non-hydrogen) atoms. The Labute approximate surface area is 139 Å². The van der Waals surface area contributed by atoms with Gasteiger partial charge in [-0.3, -0.25) is 9.78 Å². The van der Waals surface area contributed by atoms with Gasteiger partial charge in [-0.15, -0.1) is 0 Å². The van der Waals surface area contributed by atoms with Gasteiger partial charge < -0.3 is 10.1 Å². The molecule has 0 radical (unpaired) electrons. The van der Waals surface area contributed by atoms with Crippen molar-refractivity contribution in [2.75, 3.05) is 11.9 Å². The zero-order chi connectivity index (χ0) is 17.5. The SMILES string of the molecule is CC(=O)Nc1cc(C(=O)OCCCc2cccc(C)n2)ccc1F. The first kappa shape index (κ1) is 17.6. The molecule has 0 spiro atoms. The Kier molecular flexibility index (Phi) is 6.01. The lowest BCUT2D eigenvalue weighted by molar-refractivity contribution is -0.114. The molecule has 0 unspecified atom stereocenters. The summed E-state index contributed by atoms with van der Waals surface area (Å²) in [7, 11) is 0. The highest BCUT2D eigenvalue weighted by Crippen LogP contribution is 2.17. The topological polar surface area (TPSA) is 68.3 Å². The number of carbonyl (C=O) groups excluding carboxylic acids is 2. The van der Waals surface area contributed by atoms with Crippen LogP contribution < -0.4 is 5.32 Å². The maximum absolute atomic E-state index is 13.5. The van der Waals surface area contributed by atoms with E-state index in [-0.39, 0.29) is 17.9 Å². The summed E-state index contributed by atoms with van der Waals surface area (Å²) in [6, 6.07) is 9.50. The van der Waals surface area contributed by atoms with E-state index in [1.54, 1.807) is 0 Å². The second-order valence-corrected chi connectivity index (χ2v) is 5.39. The lowest BCUT2D eigenvalue weighted by Gasteiger charge is -2.08. The number of esters is 1. The van der Waals surface area contributed by atoms with E-state index in [1.165, 1.54) is 19.1 Å². The molecule has 0 fully saturated rings. The van der Waals surface area contributed by atoms with Gasteiger partial charge in [0.1, 0.15) is 5.82 Å². The summed E-state index contributed by atoms with van der Waals surface area (Å²) in [4.78, 5) is 27.4. The molecule has 0 aliphatic carbocycles. The Hall–Kier alpha value is -2.76. The zero-order valence-corrected chi connectivity index (χ0v) is 13.6. The Morgan fingerprint density at radius 1 is 1.25 bits per heavy atom. The Balaban J connectivity index is 1.87. The Bertz CT molecular complexity index is 747. The minimum absolute atomic E-state index is 0.0408. The van der Waals surface area contributed by atoms with Crippen molar-refractivity contribution in [3.63, 3.8) is 0 Å². The minimum atomic E-state index is -0.604. The maximum atomic E-state index is 13.5. The van der Waals surface area contributed by atoms with E-state index in [9.17, 15) is 14.0 Å². The van der Waals surface area contributed by atoms with E-state index in [4.69, 9.17) is 4.74 Å². The Morgan fingerprint density at radius 2 is 2.04 bits per heavy atom. The number of hydrogen-bond donors (Lipinski definition) is 1. The van der Waals surface area contributed by atoms with Crippen LogP contribution in [0.25, 0.3) is 0 Å². The largest absolute Gasteiger partial charge is 0.462 e. The van der Waals surface area contributed by atoms with E-state index < -0.39 is 17.7 Å². The van der Waals surface area contributed by atoms with Crippen LogP contribution in [0.5, 0.6) is 0 Å². The Morgan fingerprint density at radius 3 is 2.75 bits per heavy atom. The molecule has 1 amide bonds. The van der Waals surface area contributed by atoms with E-state index >= 15 is 0 Å². The average Bonchev–Trinajstić information content (AvgIpc) is 2.53. The molecule has 0 aliphatic rings. The summed E-state index contributed by atoms with van der Waals surface area (Å²) in [6.07, 6.45) is 1.34. The van der Waals surface area contributed by atoms with Crippen molar-refractivity contribution in [3.8, 4) is 0 Å². The molecule has 126 valence electrons. The van der Waals surface area contributed by atoms with Crippen LogP contribution in [0.1, 0.15) is 35.1 Å². The van der Waals surface area contributed by atoms with Crippen LogP contribution in [0.4, 0.5) is 10.1 Å². The number of rotatable bonds is 6. The van der Waals surface area contributed by atoms with Crippen molar-refractivity contribution in [3.05, 3.63) is 59.2 Å². The zero-order valence-electron chi connectivity index (χ0n) is 13.6. The average molecular weight is 330 g/mol. The van der Waals surface area contributed by atoms with Gasteiger partial charge in [0.05, 0.1) is 17.9 Å². The number of anilines is 1. The summed E-state index contributed by atoms with van der Waals surface area (Å²) in [5.74, 6) is -1.57. The predicted molar refractivity (Wildman–Crippen MR) is 88.3 cm³/mol. The highest BCUT2D eigenvalue weighted by Gasteiger charge is 2.12. The summed E-state index contributed by atoms with van der Waals surface area (Å²) in [6.45, 7) is 3.43. The number of halogens is 1. The summed E-state index contributed by atoms with van der Waals surface area (Å²) in [5.41, 5.74) is 2.04. The molecule has 1 heterocycles. The number of nitrogens with one attached hydrogen (secondary N) is 1. The van der Waals surface area contributed by atoms with Crippen molar-refractivity contribution in [1.29, 1.82) is 0 Å². The predicted octanol–water partition coefficient (Wildman–Crippen LogP) is 3.28. The van der Waals surface area contributed by atoms with Crippen LogP contribution in [-0.2, 0) is 16.0 Å². The molecule has 0 atom stereocenters. The van der Waals surface area contributed by atoms with Crippen LogP contribution in [0.3, 0.4) is 0 Å². The van der Waals surface area contributed by atoms with Crippen molar-refractivity contribution in [2.45, 2.75) is 26.7 Å². The standard InChI is InChI=1S/C18H19FN2O3/c1-12-5-3-6-15(20-12)7-4-10-24-18(23)14-8-9-16(19)17(11-14)21-13(2)22/h3,5-6,8-9,11H,4,7,10H2,1-2H3,(H,21,22). The van der Waals surface area contributed by atoms with Gasteiger partial charge in [0.15, 0.2) is 0 Å². The fourth-order valence-electron chi connectivity index (χ4n) is 2.18. The molecule has 0 saturated heterocycles. The van der Waals surface area contributed by atoms with E-state index in [2.05, 4.69) is 10.3 Å². The number of hydrogen-bond acceptors (Lipinski definition) is 4. The fraction of sp³-hybridized carbons (Fsp3) is 0.278. The van der Waals surface area contributed by atoms with Crippen LogP contribution in [0.2, 0.25) is 0 Å². The lowest BCUT2D eigenvalue weighted by Crippen LogP contribution is -2.11. The van der Waals surface area contributed by atoms with Gasteiger partial charge in [-0.25, -0.2) is 9.18 Å². The molecular weight excluding hydrogens is 311 g/mol. The third-order valence-corrected chi connectivity index (χ3v) is 3.27. The number of nitrogens with zero attached hydrogens (tertiary/aromatic N) is 1. The quantitative estimate of drug-likeness (QED) is 0.652. The highest BCUT2D eigenvalue weighted by atomic mass is 19.1. The molecule has 0 saturated carbocycles. The molecular formula is C18H19FN2O3. The number of aryl methyl sites for hydroxylation is 2. The van der Waals surface area contributed by atoms with Crippen molar-refractivity contribution >= 4 is 17.6 Å². The monoisotopic (exact) mass is 330 g/mol. The van der Waals surface area contributed by atoms with Gasteiger partial charge >= 0.3 is 5.97 Å². The molecule has 2 aromatic rings.